The van der Waals surface area contributed by atoms with Crippen LogP contribution in [0.4, 0.5) is 16.3 Å². The van der Waals surface area contributed by atoms with E-state index in [1.807, 2.05) is 36.4 Å². The van der Waals surface area contributed by atoms with Gasteiger partial charge in [0.25, 0.3) is 5.95 Å². The van der Waals surface area contributed by atoms with E-state index in [9.17, 15) is 9.18 Å². The molecular formula is C19H15ClFN5O. The van der Waals surface area contributed by atoms with Crippen molar-refractivity contribution in [1.82, 2.24) is 14.8 Å². The Bertz CT molecular complexity index is 1030. The number of nitrogens with zero attached hydrogens (tertiary/aromatic N) is 3. The Morgan fingerprint density at radius 1 is 1.22 bits per heavy atom. The summed E-state index contributed by atoms with van der Waals surface area (Å²) in [5.41, 5.74) is 1.94. The average Bonchev–Trinajstić information content (AvgIpc) is 3.03. The molecule has 0 spiro atoms. The van der Waals surface area contributed by atoms with Crippen LogP contribution in [0.5, 0.6) is 0 Å². The zero-order valence-corrected chi connectivity index (χ0v) is 15.0. The van der Waals surface area contributed by atoms with E-state index >= 15 is 0 Å². The highest BCUT2D eigenvalue weighted by atomic mass is 35.5. The smallest absolute Gasteiger partial charge is 0.250 e. The fourth-order valence-corrected chi connectivity index (χ4v) is 3.26. The molecule has 0 saturated heterocycles. The van der Waals surface area contributed by atoms with Crippen molar-refractivity contribution in [3.63, 3.8) is 0 Å². The number of carbonyl (C=O) groups excluding carboxylic acids is 1. The molecule has 0 saturated carbocycles. The van der Waals surface area contributed by atoms with Crippen molar-refractivity contribution in [2.75, 3.05) is 10.6 Å². The van der Waals surface area contributed by atoms with Gasteiger partial charge in [-0.05, 0) is 23.8 Å². The summed E-state index contributed by atoms with van der Waals surface area (Å²) in [5.74, 6) is -0.232. The summed E-state index contributed by atoms with van der Waals surface area (Å²) < 4.78 is 16.1. The molecule has 1 aromatic heterocycles. The van der Waals surface area contributed by atoms with Crippen LogP contribution in [0.2, 0.25) is 5.02 Å². The number of amides is 1. The fourth-order valence-electron chi connectivity index (χ4n) is 2.99. The zero-order valence-electron chi connectivity index (χ0n) is 14.3. The molecule has 8 heteroatoms. The second-order valence-corrected chi connectivity index (χ2v) is 6.44. The molecule has 2 N–H and O–H groups in total. The third-order valence-electron chi connectivity index (χ3n) is 4.13. The number of rotatable bonds is 3. The lowest BCUT2D eigenvalue weighted by molar-refractivity contribution is -0.114. The Morgan fingerprint density at radius 3 is 2.70 bits per heavy atom. The molecule has 27 heavy (non-hydrogen) atoms. The minimum absolute atomic E-state index is 0.130. The van der Waals surface area contributed by atoms with Crippen molar-refractivity contribution < 1.29 is 9.18 Å². The second-order valence-electron chi connectivity index (χ2n) is 6.04. The number of carbonyl (C=O) groups is 1. The Labute approximate surface area is 159 Å². The van der Waals surface area contributed by atoms with Crippen molar-refractivity contribution in [1.29, 1.82) is 0 Å². The van der Waals surface area contributed by atoms with Gasteiger partial charge in [-0.1, -0.05) is 48.0 Å². The molecule has 0 fully saturated rings. The molecule has 0 aliphatic carbocycles. The van der Waals surface area contributed by atoms with Crippen molar-refractivity contribution in [3.8, 4) is 0 Å². The molecule has 0 bridgehead atoms. The van der Waals surface area contributed by atoms with E-state index in [4.69, 9.17) is 11.6 Å². The van der Waals surface area contributed by atoms with Gasteiger partial charge in [0.2, 0.25) is 11.9 Å². The first-order chi connectivity index (χ1) is 13.0. The van der Waals surface area contributed by atoms with Crippen LogP contribution in [0.25, 0.3) is 5.70 Å². The van der Waals surface area contributed by atoms with E-state index in [1.165, 1.54) is 17.7 Å². The number of anilines is 2. The molecule has 136 valence electrons. The predicted molar refractivity (Wildman–Crippen MR) is 102 cm³/mol. The highest BCUT2D eigenvalue weighted by Gasteiger charge is 2.28. The molecule has 3 aromatic rings. The van der Waals surface area contributed by atoms with Gasteiger partial charge in [0.15, 0.2) is 0 Å². The second kappa shape index (κ2) is 6.85. The number of fused-ring (bicyclic) bond motifs is 1. The van der Waals surface area contributed by atoms with Crippen LogP contribution in [0, 0.1) is 5.82 Å². The summed E-state index contributed by atoms with van der Waals surface area (Å²) >= 11 is 6.29. The van der Waals surface area contributed by atoms with Gasteiger partial charge in [-0.2, -0.15) is 4.98 Å². The predicted octanol–water partition coefficient (Wildman–Crippen LogP) is 4.09. The Morgan fingerprint density at radius 2 is 2.00 bits per heavy atom. The quantitative estimate of drug-likeness (QED) is 0.714. The van der Waals surface area contributed by atoms with Gasteiger partial charge in [-0.3, -0.25) is 10.1 Å². The van der Waals surface area contributed by atoms with Crippen LogP contribution >= 0.6 is 11.6 Å². The Balaban J connectivity index is 1.87. The van der Waals surface area contributed by atoms with Gasteiger partial charge in [-0.25, -0.2) is 9.07 Å². The van der Waals surface area contributed by atoms with Gasteiger partial charge in [-0.15, -0.1) is 5.10 Å². The number of hydrogen-bond acceptors (Lipinski definition) is 4. The summed E-state index contributed by atoms with van der Waals surface area (Å²) in [4.78, 5) is 15.7. The Kier molecular flexibility index (Phi) is 4.37. The third-order valence-corrected chi connectivity index (χ3v) is 4.46. The SMILES string of the molecule is CC(=O)Nc1nc2n(n1)[C@@H](c1c(F)cccc1Cl)C=C(c1ccccc1)N2. The van der Waals surface area contributed by atoms with Crippen molar-refractivity contribution in [3.05, 3.63) is 76.6 Å². The molecule has 1 amide bonds. The number of halogens is 2. The third kappa shape index (κ3) is 3.29. The molecule has 4 rings (SSSR count). The highest BCUT2D eigenvalue weighted by molar-refractivity contribution is 6.31. The number of allylic oxidation sites excluding steroid dienone is 1. The minimum atomic E-state index is -0.625. The lowest BCUT2D eigenvalue weighted by Crippen LogP contribution is -2.21. The first-order valence-electron chi connectivity index (χ1n) is 8.25. The van der Waals surface area contributed by atoms with E-state index in [2.05, 4.69) is 20.7 Å². The van der Waals surface area contributed by atoms with Gasteiger partial charge in [0.05, 0.1) is 0 Å². The van der Waals surface area contributed by atoms with E-state index < -0.39 is 11.9 Å². The zero-order chi connectivity index (χ0) is 19.0. The van der Waals surface area contributed by atoms with Crippen LogP contribution in [-0.2, 0) is 4.79 Å². The van der Waals surface area contributed by atoms with Gasteiger partial charge in [0, 0.05) is 23.2 Å². The molecule has 1 aliphatic heterocycles. The van der Waals surface area contributed by atoms with Crippen molar-refractivity contribution in [2.45, 2.75) is 13.0 Å². The number of aromatic nitrogens is 3. The normalized spacial score (nSPS) is 15.5. The minimum Gasteiger partial charge on any atom is -0.324 e. The maximum atomic E-state index is 14.6. The molecule has 2 aromatic carbocycles. The summed E-state index contributed by atoms with van der Waals surface area (Å²) in [6.45, 7) is 1.37. The topological polar surface area (TPSA) is 71.8 Å². The average molecular weight is 384 g/mol. The number of nitrogens with one attached hydrogen (secondary N) is 2. The van der Waals surface area contributed by atoms with Crippen LogP contribution < -0.4 is 10.6 Å². The van der Waals surface area contributed by atoms with Crippen LogP contribution in [0.1, 0.15) is 24.1 Å². The van der Waals surface area contributed by atoms with Crippen LogP contribution in [0.3, 0.4) is 0 Å². The summed E-state index contributed by atoms with van der Waals surface area (Å²) in [7, 11) is 0. The molecule has 0 unspecified atom stereocenters. The summed E-state index contributed by atoms with van der Waals surface area (Å²) in [6, 6.07) is 13.5. The van der Waals surface area contributed by atoms with Crippen LogP contribution in [-0.4, -0.2) is 20.7 Å². The molecule has 1 atom stereocenters. The first kappa shape index (κ1) is 17.2. The molecule has 6 nitrogen and oxygen atoms in total. The van der Waals surface area contributed by atoms with Crippen LogP contribution in [0.15, 0.2) is 54.6 Å². The maximum Gasteiger partial charge on any atom is 0.250 e. The van der Waals surface area contributed by atoms with Crippen molar-refractivity contribution >= 4 is 35.1 Å². The molecular weight excluding hydrogens is 369 g/mol. The maximum absolute atomic E-state index is 14.6. The first-order valence-corrected chi connectivity index (χ1v) is 8.63. The highest BCUT2D eigenvalue weighted by Crippen LogP contribution is 2.37. The number of hydrogen-bond donors (Lipinski definition) is 2. The summed E-state index contributed by atoms with van der Waals surface area (Å²) in [6.07, 6.45) is 1.83. The van der Waals surface area contributed by atoms with E-state index in [-0.39, 0.29) is 22.4 Å². The molecule has 0 radical (unpaired) electrons. The van der Waals surface area contributed by atoms with E-state index in [0.29, 0.717) is 5.95 Å². The standard InChI is InChI=1S/C19H15ClFN5O/c1-11(27)22-18-24-19-23-15(12-6-3-2-4-7-12)10-16(26(19)25-18)17-13(20)8-5-9-14(17)21/h2-10,16H,1H3,(H2,22,23,24,25,27)/t16-/m1/s1. The lowest BCUT2D eigenvalue weighted by Gasteiger charge is -2.25. The van der Waals surface area contributed by atoms with Gasteiger partial charge >= 0.3 is 0 Å². The van der Waals surface area contributed by atoms with E-state index in [1.54, 1.807) is 12.1 Å². The molecule has 2 heterocycles. The lowest BCUT2D eigenvalue weighted by atomic mass is 10.0. The summed E-state index contributed by atoms with van der Waals surface area (Å²) in [5, 5.41) is 10.3. The van der Waals surface area contributed by atoms with E-state index in [0.717, 1.165) is 11.3 Å². The largest absolute Gasteiger partial charge is 0.324 e. The monoisotopic (exact) mass is 383 g/mol. The number of benzene rings is 2. The van der Waals surface area contributed by atoms with Gasteiger partial charge in [0.1, 0.15) is 11.9 Å². The molecule has 1 aliphatic rings. The van der Waals surface area contributed by atoms with Crippen molar-refractivity contribution in [2.24, 2.45) is 0 Å². The fraction of sp³-hybridized carbons (Fsp3) is 0.105. The Hall–Kier alpha value is -3.19. The van der Waals surface area contributed by atoms with Gasteiger partial charge < -0.3 is 5.32 Å².